The van der Waals surface area contributed by atoms with Crippen LogP contribution in [0.4, 0.5) is 19.3 Å². The van der Waals surface area contributed by atoms with Crippen LogP contribution in [0.15, 0.2) is 36.5 Å². The Labute approximate surface area is 175 Å². The van der Waals surface area contributed by atoms with Gasteiger partial charge in [0.1, 0.15) is 24.3 Å². The number of pyridine rings is 1. The van der Waals surface area contributed by atoms with E-state index in [-0.39, 0.29) is 12.2 Å². The van der Waals surface area contributed by atoms with E-state index >= 15 is 0 Å². The van der Waals surface area contributed by atoms with Gasteiger partial charge >= 0.3 is 6.09 Å². The summed E-state index contributed by atoms with van der Waals surface area (Å²) in [7, 11) is 0. The third-order valence-electron chi connectivity index (χ3n) is 5.29. The summed E-state index contributed by atoms with van der Waals surface area (Å²) in [6, 6.07) is 7.98. The van der Waals surface area contributed by atoms with Crippen LogP contribution in [0.2, 0.25) is 0 Å². The normalized spacial score (nSPS) is 19.5. The molecular formula is C20H18F2N6O3. The molecule has 11 heteroatoms. The highest BCUT2D eigenvalue weighted by Crippen LogP contribution is 2.33. The van der Waals surface area contributed by atoms with Gasteiger partial charge < -0.3 is 9.84 Å². The van der Waals surface area contributed by atoms with E-state index in [1.807, 2.05) is 0 Å². The van der Waals surface area contributed by atoms with Crippen molar-refractivity contribution < 1.29 is 23.4 Å². The van der Waals surface area contributed by atoms with Gasteiger partial charge in [0.05, 0.1) is 18.3 Å². The van der Waals surface area contributed by atoms with Crippen molar-refractivity contribution in [2.45, 2.75) is 31.1 Å². The van der Waals surface area contributed by atoms with E-state index in [4.69, 9.17) is 4.74 Å². The first-order chi connectivity index (χ1) is 15.0. The number of aliphatic hydroxyl groups is 1. The Balaban J connectivity index is 1.34. The highest BCUT2D eigenvalue weighted by atomic mass is 19.1. The van der Waals surface area contributed by atoms with Crippen molar-refractivity contribution in [3.05, 3.63) is 42.3 Å². The van der Waals surface area contributed by atoms with Crippen molar-refractivity contribution in [3.8, 4) is 22.6 Å². The lowest BCUT2D eigenvalue weighted by Gasteiger charge is -2.15. The van der Waals surface area contributed by atoms with Crippen molar-refractivity contribution in [3.63, 3.8) is 0 Å². The Morgan fingerprint density at radius 1 is 1.26 bits per heavy atom. The van der Waals surface area contributed by atoms with Crippen molar-refractivity contribution >= 4 is 11.8 Å². The third-order valence-corrected chi connectivity index (χ3v) is 5.29. The van der Waals surface area contributed by atoms with Crippen molar-refractivity contribution in [1.29, 1.82) is 0 Å². The molecule has 5 rings (SSSR count). The van der Waals surface area contributed by atoms with Gasteiger partial charge in [-0.3, -0.25) is 9.88 Å². The van der Waals surface area contributed by atoms with E-state index in [1.165, 1.54) is 18.3 Å². The van der Waals surface area contributed by atoms with E-state index < -0.39 is 30.8 Å². The van der Waals surface area contributed by atoms with Crippen molar-refractivity contribution in [2.24, 2.45) is 0 Å². The summed E-state index contributed by atoms with van der Waals surface area (Å²) in [4.78, 5) is 19.1. The van der Waals surface area contributed by atoms with E-state index in [2.05, 4.69) is 20.4 Å². The van der Waals surface area contributed by atoms with Gasteiger partial charge in [0.25, 0.3) is 0 Å². The van der Waals surface area contributed by atoms with E-state index in [0.29, 0.717) is 28.7 Å². The van der Waals surface area contributed by atoms with Gasteiger partial charge in [0.15, 0.2) is 6.10 Å². The number of aliphatic hydroxyl groups excluding tert-OH is 1. The molecule has 3 aromatic rings. The minimum absolute atomic E-state index is 0.0620. The number of cyclic esters (lactones) is 1. The number of rotatable bonds is 6. The molecular weight excluding hydrogens is 410 g/mol. The van der Waals surface area contributed by atoms with Gasteiger partial charge in [-0.15, -0.1) is 10.2 Å². The van der Waals surface area contributed by atoms with Crippen LogP contribution < -0.4 is 4.90 Å². The minimum atomic E-state index is -1.41. The maximum absolute atomic E-state index is 14.8. The van der Waals surface area contributed by atoms with E-state index in [1.54, 1.807) is 23.0 Å². The predicted octanol–water partition coefficient (Wildman–Crippen LogP) is 2.53. The van der Waals surface area contributed by atoms with Crippen LogP contribution in [0, 0.1) is 5.82 Å². The quantitative estimate of drug-likeness (QED) is 0.643. The standard InChI is InChI=1S/C20H18F2N6O3/c21-8-17(29)18-10-27(20(30)31-18)13-4-5-14(15(22)7-13)11-1-6-16(23-9-11)19-24-26-28(25-19)12-2-3-12/h1,4-7,9,12,17-18,29H,2-3,8,10H2. The van der Waals surface area contributed by atoms with Crippen molar-refractivity contribution in [1.82, 2.24) is 25.2 Å². The van der Waals surface area contributed by atoms with Crippen LogP contribution in [0.3, 0.4) is 0 Å². The number of nitrogens with zero attached hydrogens (tertiary/aromatic N) is 6. The van der Waals surface area contributed by atoms with Gasteiger partial charge in [-0.25, -0.2) is 13.6 Å². The summed E-state index contributed by atoms with van der Waals surface area (Å²) in [5, 5.41) is 21.9. The number of ether oxygens (including phenoxy) is 1. The topological polar surface area (TPSA) is 106 Å². The van der Waals surface area contributed by atoms with Gasteiger partial charge in [-0.05, 0) is 42.3 Å². The van der Waals surface area contributed by atoms with Gasteiger partial charge in [0.2, 0.25) is 5.82 Å². The van der Waals surface area contributed by atoms with Crippen molar-refractivity contribution in [2.75, 3.05) is 18.1 Å². The molecule has 2 aliphatic rings. The number of anilines is 1. The molecule has 1 aliphatic heterocycles. The van der Waals surface area contributed by atoms with E-state index in [0.717, 1.165) is 17.7 Å². The lowest BCUT2D eigenvalue weighted by molar-refractivity contribution is 0.0188. The van der Waals surface area contributed by atoms with Crippen LogP contribution in [-0.2, 0) is 4.74 Å². The summed E-state index contributed by atoms with van der Waals surface area (Å²) in [5.74, 6) is -0.154. The number of alkyl halides is 1. The van der Waals surface area contributed by atoms with Crippen LogP contribution in [0.1, 0.15) is 18.9 Å². The molecule has 2 aromatic heterocycles. The van der Waals surface area contributed by atoms with Crippen LogP contribution in [-0.4, -0.2) is 61.8 Å². The Kier molecular flexibility index (Phi) is 4.81. The second-order valence-electron chi connectivity index (χ2n) is 7.52. The lowest BCUT2D eigenvalue weighted by atomic mass is 10.1. The number of tetrazole rings is 1. The number of carbonyl (C=O) groups excluding carboxylic acids is 1. The molecule has 1 aliphatic carbocycles. The minimum Gasteiger partial charge on any atom is -0.441 e. The first-order valence-electron chi connectivity index (χ1n) is 9.81. The second kappa shape index (κ2) is 7.65. The summed E-state index contributed by atoms with van der Waals surface area (Å²) in [6.07, 6.45) is 0.435. The zero-order valence-corrected chi connectivity index (χ0v) is 16.2. The summed E-state index contributed by atoms with van der Waals surface area (Å²) >= 11 is 0. The van der Waals surface area contributed by atoms with Gasteiger partial charge in [0, 0.05) is 17.3 Å². The number of aromatic nitrogens is 5. The molecule has 2 fully saturated rings. The number of halogens is 2. The average molecular weight is 428 g/mol. The molecule has 3 heterocycles. The average Bonchev–Trinajstić information content (AvgIpc) is 3.38. The number of hydrogen-bond donors (Lipinski definition) is 1. The Hall–Kier alpha value is -3.47. The monoisotopic (exact) mass is 428 g/mol. The van der Waals surface area contributed by atoms with Crippen LogP contribution in [0.5, 0.6) is 0 Å². The molecule has 1 aromatic carbocycles. The smallest absolute Gasteiger partial charge is 0.414 e. The fourth-order valence-corrected chi connectivity index (χ4v) is 3.37. The lowest BCUT2D eigenvalue weighted by Crippen LogP contribution is -2.32. The summed E-state index contributed by atoms with van der Waals surface area (Å²) < 4.78 is 32.4. The fourth-order valence-electron chi connectivity index (χ4n) is 3.37. The van der Waals surface area contributed by atoms with Crippen LogP contribution in [0.25, 0.3) is 22.6 Å². The molecule has 0 bridgehead atoms. The maximum atomic E-state index is 14.8. The molecule has 2 unspecified atom stereocenters. The van der Waals surface area contributed by atoms with Crippen LogP contribution >= 0.6 is 0 Å². The van der Waals surface area contributed by atoms with Gasteiger partial charge in [-0.1, -0.05) is 6.07 Å². The molecule has 31 heavy (non-hydrogen) atoms. The molecule has 0 spiro atoms. The zero-order valence-electron chi connectivity index (χ0n) is 16.2. The molecule has 0 radical (unpaired) electrons. The molecule has 160 valence electrons. The highest BCUT2D eigenvalue weighted by molar-refractivity contribution is 5.90. The Bertz CT molecular complexity index is 1120. The maximum Gasteiger partial charge on any atom is 0.414 e. The first kappa shape index (κ1) is 19.5. The van der Waals surface area contributed by atoms with E-state index in [9.17, 15) is 18.7 Å². The first-order valence-corrected chi connectivity index (χ1v) is 9.81. The number of benzene rings is 1. The summed E-state index contributed by atoms with van der Waals surface area (Å²) in [5.41, 5.74) is 1.62. The SMILES string of the molecule is O=C1OC(C(O)CF)CN1c1ccc(-c2ccc(-c3nnn(C4CC4)n3)nc2)c(F)c1. The number of amides is 1. The zero-order chi connectivity index (χ0) is 21.5. The molecule has 1 saturated heterocycles. The largest absolute Gasteiger partial charge is 0.441 e. The predicted molar refractivity (Wildman–Crippen MR) is 104 cm³/mol. The molecule has 1 amide bonds. The van der Waals surface area contributed by atoms with Gasteiger partial charge in [-0.2, -0.15) is 4.80 Å². The number of hydrogen-bond acceptors (Lipinski definition) is 7. The Morgan fingerprint density at radius 2 is 2.10 bits per heavy atom. The summed E-state index contributed by atoms with van der Waals surface area (Å²) in [6.45, 7) is -1.10. The molecule has 1 N–H and O–H groups in total. The molecule has 2 atom stereocenters. The third kappa shape index (κ3) is 3.72. The second-order valence-corrected chi connectivity index (χ2v) is 7.52. The number of carbonyl (C=O) groups is 1. The molecule has 1 saturated carbocycles. The molecule has 9 nitrogen and oxygen atoms in total. The fraction of sp³-hybridized carbons (Fsp3) is 0.350. The highest BCUT2D eigenvalue weighted by Gasteiger charge is 2.37. The Morgan fingerprint density at radius 3 is 2.77 bits per heavy atom.